The van der Waals surface area contributed by atoms with Crippen LogP contribution in [-0.4, -0.2) is 11.6 Å². The molecule has 1 heterocycles. The van der Waals surface area contributed by atoms with Crippen LogP contribution >= 0.6 is 0 Å². The lowest BCUT2D eigenvalue weighted by atomic mass is 10.1. The Balaban J connectivity index is 1.64. The molecule has 0 fully saturated rings. The van der Waals surface area contributed by atoms with Gasteiger partial charge in [-0.15, -0.1) is 0 Å². The third kappa shape index (κ3) is 5.02. The summed E-state index contributed by atoms with van der Waals surface area (Å²) >= 11 is 0. The lowest BCUT2D eigenvalue weighted by molar-refractivity contribution is 0.103. The summed E-state index contributed by atoms with van der Waals surface area (Å²) in [5.41, 5.74) is 3.48. The molecule has 0 amide bonds. The van der Waals surface area contributed by atoms with Crippen LogP contribution in [-0.2, 0) is 0 Å². The van der Waals surface area contributed by atoms with E-state index in [4.69, 9.17) is 4.42 Å². The van der Waals surface area contributed by atoms with Crippen LogP contribution in [0.2, 0.25) is 0 Å². The van der Waals surface area contributed by atoms with E-state index >= 15 is 0 Å². The molecule has 0 N–H and O–H groups in total. The number of hydrogen-bond donors (Lipinski definition) is 0. The third-order valence-electron chi connectivity index (χ3n) is 4.12. The second-order valence-electron chi connectivity index (χ2n) is 6.37. The monoisotopic (exact) mass is 356 g/mol. The maximum absolute atomic E-state index is 12.1. The lowest BCUT2D eigenvalue weighted by Gasteiger charge is -1.96. The first kappa shape index (κ1) is 18.3. The van der Waals surface area contributed by atoms with Crippen LogP contribution in [0, 0.1) is 13.8 Å². The topological polar surface area (TPSA) is 47.3 Å². The van der Waals surface area contributed by atoms with E-state index in [9.17, 15) is 9.59 Å². The number of ketones is 2. The molecule has 134 valence electrons. The lowest BCUT2D eigenvalue weighted by Crippen LogP contribution is -1.93. The van der Waals surface area contributed by atoms with Gasteiger partial charge in [0, 0.05) is 11.1 Å². The number of benzene rings is 2. The first-order chi connectivity index (χ1) is 13.0. The Morgan fingerprint density at radius 1 is 0.630 bits per heavy atom. The fraction of sp³-hybridized carbons (Fsp3) is 0.0833. The van der Waals surface area contributed by atoms with Crippen molar-refractivity contribution in [2.24, 2.45) is 0 Å². The Morgan fingerprint density at radius 2 is 1.00 bits per heavy atom. The summed E-state index contributed by atoms with van der Waals surface area (Å²) < 4.78 is 5.62. The van der Waals surface area contributed by atoms with Crippen LogP contribution in [0.1, 0.15) is 43.4 Å². The summed E-state index contributed by atoms with van der Waals surface area (Å²) in [6.07, 6.45) is 6.21. The summed E-state index contributed by atoms with van der Waals surface area (Å²) in [4.78, 5) is 24.3. The number of rotatable bonds is 6. The quantitative estimate of drug-likeness (QED) is 0.421. The summed E-state index contributed by atoms with van der Waals surface area (Å²) in [5, 5.41) is 0. The van der Waals surface area contributed by atoms with Gasteiger partial charge < -0.3 is 4.42 Å². The molecular formula is C24H20O3. The van der Waals surface area contributed by atoms with Crippen LogP contribution in [0.3, 0.4) is 0 Å². The van der Waals surface area contributed by atoms with Gasteiger partial charge >= 0.3 is 0 Å². The molecule has 0 bridgehead atoms. The van der Waals surface area contributed by atoms with Crippen molar-refractivity contribution in [3.8, 4) is 0 Å². The molecule has 0 saturated heterocycles. The summed E-state index contributed by atoms with van der Waals surface area (Å²) in [7, 11) is 0. The van der Waals surface area contributed by atoms with Crippen LogP contribution < -0.4 is 0 Å². The van der Waals surface area contributed by atoms with Gasteiger partial charge in [0.25, 0.3) is 0 Å². The largest absolute Gasteiger partial charge is 0.457 e. The predicted octanol–water partition coefficient (Wildman–Crippen LogP) is 5.69. The SMILES string of the molecule is Cc1ccc(C(=O)C=Cc2ccc(C=CC(=O)c3ccc(C)cc3)o2)cc1. The van der Waals surface area contributed by atoms with Gasteiger partial charge in [-0.05, 0) is 50.3 Å². The van der Waals surface area contributed by atoms with Crippen LogP contribution in [0.5, 0.6) is 0 Å². The molecule has 0 radical (unpaired) electrons. The molecule has 0 aliphatic carbocycles. The molecule has 0 atom stereocenters. The molecule has 0 unspecified atom stereocenters. The van der Waals surface area contributed by atoms with Gasteiger partial charge in [-0.25, -0.2) is 0 Å². The van der Waals surface area contributed by atoms with Crippen molar-refractivity contribution in [1.29, 1.82) is 0 Å². The number of allylic oxidation sites excluding steroid dienone is 2. The minimum Gasteiger partial charge on any atom is -0.457 e. The Kier molecular flexibility index (Phi) is 5.62. The van der Waals surface area contributed by atoms with Crippen LogP contribution in [0.4, 0.5) is 0 Å². The highest BCUT2D eigenvalue weighted by Gasteiger charge is 2.04. The smallest absolute Gasteiger partial charge is 0.185 e. The number of hydrogen-bond acceptors (Lipinski definition) is 3. The standard InChI is InChI=1S/C24H20O3/c1-17-3-7-19(8-4-17)23(25)15-13-21-11-12-22(27-21)14-16-24(26)20-9-5-18(2)6-10-20/h3-16H,1-2H3. The van der Waals surface area contributed by atoms with Gasteiger partial charge in [-0.3, -0.25) is 9.59 Å². The van der Waals surface area contributed by atoms with Crippen molar-refractivity contribution >= 4 is 23.7 Å². The van der Waals surface area contributed by atoms with E-state index < -0.39 is 0 Å². The summed E-state index contributed by atoms with van der Waals surface area (Å²) in [5.74, 6) is 0.937. The number of carbonyl (C=O) groups is 2. The van der Waals surface area contributed by atoms with Gasteiger partial charge in [0.1, 0.15) is 11.5 Å². The van der Waals surface area contributed by atoms with Crippen LogP contribution in [0.25, 0.3) is 12.2 Å². The zero-order valence-electron chi connectivity index (χ0n) is 15.3. The Hall–Kier alpha value is -3.46. The molecule has 0 spiro atoms. The molecule has 3 heteroatoms. The number of carbonyl (C=O) groups excluding carboxylic acids is 2. The zero-order chi connectivity index (χ0) is 19.2. The first-order valence-corrected chi connectivity index (χ1v) is 8.69. The highest BCUT2D eigenvalue weighted by Crippen LogP contribution is 2.13. The fourth-order valence-corrected chi connectivity index (χ4v) is 2.49. The third-order valence-corrected chi connectivity index (χ3v) is 4.12. The van der Waals surface area contributed by atoms with E-state index in [0.717, 1.165) is 11.1 Å². The molecule has 3 aromatic rings. The molecule has 0 aliphatic rings. The second kappa shape index (κ2) is 8.28. The van der Waals surface area contributed by atoms with Gasteiger partial charge in [0.2, 0.25) is 0 Å². The molecule has 3 nitrogen and oxygen atoms in total. The maximum atomic E-state index is 12.1. The van der Waals surface area contributed by atoms with Gasteiger partial charge in [0.15, 0.2) is 11.6 Å². The summed E-state index contributed by atoms with van der Waals surface area (Å²) in [6.45, 7) is 3.96. The number of furan rings is 1. The van der Waals surface area contributed by atoms with Crippen molar-refractivity contribution in [2.75, 3.05) is 0 Å². The Bertz CT molecular complexity index is 919. The minimum atomic E-state index is -0.0851. The van der Waals surface area contributed by atoms with Crippen molar-refractivity contribution in [2.45, 2.75) is 13.8 Å². The average Bonchev–Trinajstić information content (AvgIpc) is 3.13. The molecule has 2 aromatic carbocycles. The zero-order valence-corrected chi connectivity index (χ0v) is 15.3. The second-order valence-corrected chi connectivity index (χ2v) is 6.37. The molecule has 27 heavy (non-hydrogen) atoms. The highest BCUT2D eigenvalue weighted by molar-refractivity contribution is 6.07. The number of aryl methyl sites for hydroxylation is 2. The molecule has 0 saturated carbocycles. The molecule has 3 rings (SSSR count). The van der Waals surface area contributed by atoms with E-state index in [-0.39, 0.29) is 11.6 Å². The van der Waals surface area contributed by atoms with Crippen molar-refractivity contribution in [3.05, 3.63) is 107 Å². The highest BCUT2D eigenvalue weighted by atomic mass is 16.3. The van der Waals surface area contributed by atoms with E-state index in [1.807, 2.05) is 38.1 Å². The normalized spacial score (nSPS) is 11.3. The van der Waals surface area contributed by atoms with E-state index in [1.54, 1.807) is 48.6 Å². The fourth-order valence-electron chi connectivity index (χ4n) is 2.49. The molecular weight excluding hydrogens is 336 g/mol. The van der Waals surface area contributed by atoms with Crippen molar-refractivity contribution < 1.29 is 14.0 Å². The Labute approximate surface area is 158 Å². The van der Waals surface area contributed by atoms with E-state index in [1.165, 1.54) is 12.2 Å². The average molecular weight is 356 g/mol. The first-order valence-electron chi connectivity index (χ1n) is 8.69. The van der Waals surface area contributed by atoms with E-state index in [0.29, 0.717) is 22.6 Å². The predicted molar refractivity (Wildman–Crippen MR) is 108 cm³/mol. The van der Waals surface area contributed by atoms with Crippen LogP contribution in [0.15, 0.2) is 77.2 Å². The summed E-state index contributed by atoms with van der Waals surface area (Å²) in [6, 6.07) is 18.3. The van der Waals surface area contributed by atoms with Crippen molar-refractivity contribution in [1.82, 2.24) is 0 Å². The molecule has 1 aromatic heterocycles. The minimum absolute atomic E-state index is 0.0851. The van der Waals surface area contributed by atoms with Gasteiger partial charge in [-0.1, -0.05) is 59.7 Å². The van der Waals surface area contributed by atoms with Crippen molar-refractivity contribution in [3.63, 3.8) is 0 Å². The maximum Gasteiger partial charge on any atom is 0.185 e. The van der Waals surface area contributed by atoms with Gasteiger partial charge in [0.05, 0.1) is 0 Å². The van der Waals surface area contributed by atoms with E-state index in [2.05, 4.69) is 0 Å². The molecule has 0 aliphatic heterocycles. The van der Waals surface area contributed by atoms with Gasteiger partial charge in [-0.2, -0.15) is 0 Å². The Morgan fingerprint density at radius 3 is 1.37 bits per heavy atom.